The summed E-state index contributed by atoms with van der Waals surface area (Å²) in [6.07, 6.45) is 0. The molecule has 21 heavy (non-hydrogen) atoms. The number of hydrogen-bond donors (Lipinski definition) is 1. The highest BCUT2D eigenvalue weighted by Crippen LogP contribution is 2.20. The third-order valence-electron chi connectivity index (χ3n) is 2.86. The Kier molecular flexibility index (Phi) is 4.47. The standard InChI is InChI=1S/C15H12F3NO2/c1-21-15(20)12-7-11(17)3-5-14(12)19-8-9-6-10(16)2-4-13(9)18/h2-7,19H,8H2,1H3. The highest BCUT2D eigenvalue weighted by Gasteiger charge is 2.13. The van der Waals surface area contributed by atoms with Gasteiger partial charge in [-0.15, -0.1) is 0 Å². The van der Waals surface area contributed by atoms with Crippen LogP contribution in [-0.4, -0.2) is 13.1 Å². The van der Waals surface area contributed by atoms with Crippen LogP contribution in [0.3, 0.4) is 0 Å². The van der Waals surface area contributed by atoms with Crippen LogP contribution in [0.4, 0.5) is 18.9 Å². The van der Waals surface area contributed by atoms with E-state index >= 15 is 0 Å². The molecule has 0 aliphatic carbocycles. The third kappa shape index (κ3) is 3.53. The summed E-state index contributed by atoms with van der Waals surface area (Å²) in [5.41, 5.74) is 0.344. The Morgan fingerprint density at radius 3 is 2.48 bits per heavy atom. The van der Waals surface area contributed by atoms with Crippen LogP contribution in [0.2, 0.25) is 0 Å². The lowest BCUT2D eigenvalue weighted by atomic mass is 10.1. The van der Waals surface area contributed by atoms with E-state index in [1.54, 1.807) is 0 Å². The van der Waals surface area contributed by atoms with Gasteiger partial charge < -0.3 is 10.1 Å². The summed E-state index contributed by atoms with van der Waals surface area (Å²) in [7, 11) is 1.17. The quantitative estimate of drug-likeness (QED) is 0.877. The van der Waals surface area contributed by atoms with Gasteiger partial charge in [-0.1, -0.05) is 0 Å². The second kappa shape index (κ2) is 6.30. The number of carbonyl (C=O) groups is 1. The van der Waals surface area contributed by atoms with Gasteiger partial charge in [0.15, 0.2) is 0 Å². The second-order valence-corrected chi connectivity index (χ2v) is 4.27. The Bertz CT molecular complexity index is 674. The summed E-state index contributed by atoms with van der Waals surface area (Å²) in [5.74, 6) is -2.47. The number of hydrogen-bond acceptors (Lipinski definition) is 3. The van der Waals surface area contributed by atoms with Gasteiger partial charge in [-0.05, 0) is 36.4 Å². The molecule has 0 aromatic heterocycles. The Morgan fingerprint density at radius 1 is 1.10 bits per heavy atom. The van der Waals surface area contributed by atoms with Crippen molar-refractivity contribution in [3.63, 3.8) is 0 Å². The van der Waals surface area contributed by atoms with Crippen molar-refractivity contribution in [2.24, 2.45) is 0 Å². The van der Waals surface area contributed by atoms with Crippen molar-refractivity contribution in [2.75, 3.05) is 12.4 Å². The summed E-state index contributed by atoms with van der Waals surface area (Å²) in [6, 6.07) is 6.56. The largest absolute Gasteiger partial charge is 0.465 e. The van der Waals surface area contributed by atoms with Crippen molar-refractivity contribution >= 4 is 11.7 Å². The number of benzene rings is 2. The first kappa shape index (κ1) is 14.9. The lowest BCUT2D eigenvalue weighted by Gasteiger charge is -2.11. The van der Waals surface area contributed by atoms with Crippen molar-refractivity contribution in [1.29, 1.82) is 0 Å². The normalized spacial score (nSPS) is 10.3. The molecule has 0 fully saturated rings. The average Bonchev–Trinajstić information content (AvgIpc) is 2.48. The minimum atomic E-state index is -0.725. The molecule has 0 heterocycles. The van der Waals surface area contributed by atoms with Crippen LogP contribution in [0.1, 0.15) is 15.9 Å². The Labute approximate surface area is 119 Å². The molecule has 0 saturated heterocycles. The summed E-state index contributed by atoms with van der Waals surface area (Å²) in [6.45, 7) is -0.0563. The number of halogens is 3. The maximum atomic E-state index is 13.5. The van der Waals surface area contributed by atoms with Gasteiger partial charge in [0.2, 0.25) is 0 Å². The molecule has 0 aliphatic heterocycles. The van der Waals surface area contributed by atoms with Gasteiger partial charge >= 0.3 is 5.97 Å². The first-order chi connectivity index (χ1) is 10.0. The van der Waals surface area contributed by atoms with Crippen molar-refractivity contribution in [1.82, 2.24) is 0 Å². The predicted octanol–water partition coefficient (Wildman–Crippen LogP) is 3.50. The fraction of sp³-hybridized carbons (Fsp3) is 0.133. The van der Waals surface area contributed by atoms with Crippen LogP contribution in [0.5, 0.6) is 0 Å². The van der Waals surface area contributed by atoms with Crippen molar-refractivity contribution in [3.8, 4) is 0 Å². The number of ether oxygens (including phenoxy) is 1. The van der Waals surface area contributed by atoms with Crippen LogP contribution < -0.4 is 5.32 Å². The smallest absolute Gasteiger partial charge is 0.340 e. The molecular weight excluding hydrogens is 283 g/mol. The highest BCUT2D eigenvalue weighted by atomic mass is 19.1. The predicted molar refractivity (Wildman–Crippen MR) is 71.4 cm³/mol. The lowest BCUT2D eigenvalue weighted by Crippen LogP contribution is -2.09. The van der Waals surface area contributed by atoms with E-state index in [4.69, 9.17) is 0 Å². The molecule has 2 aromatic carbocycles. The van der Waals surface area contributed by atoms with Crippen LogP contribution >= 0.6 is 0 Å². The Hall–Kier alpha value is -2.50. The van der Waals surface area contributed by atoms with Gasteiger partial charge in [-0.3, -0.25) is 0 Å². The van der Waals surface area contributed by atoms with Crippen molar-refractivity contribution in [3.05, 3.63) is 65.0 Å². The molecule has 0 aliphatic rings. The molecule has 0 radical (unpaired) electrons. The van der Waals surface area contributed by atoms with Gasteiger partial charge in [-0.2, -0.15) is 0 Å². The molecule has 0 unspecified atom stereocenters. The van der Waals surface area contributed by atoms with E-state index in [1.165, 1.54) is 13.2 Å². The monoisotopic (exact) mass is 295 g/mol. The SMILES string of the molecule is COC(=O)c1cc(F)ccc1NCc1cc(F)ccc1F. The summed E-state index contributed by atoms with van der Waals surface area (Å²) >= 11 is 0. The van der Waals surface area contributed by atoms with E-state index in [0.717, 1.165) is 30.3 Å². The second-order valence-electron chi connectivity index (χ2n) is 4.27. The van der Waals surface area contributed by atoms with E-state index in [-0.39, 0.29) is 23.4 Å². The molecule has 0 spiro atoms. The fourth-order valence-corrected chi connectivity index (χ4v) is 1.82. The maximum Gasteiger partial charge on any atom is 0.340 e. The molecule has 1 N–H and O–H groups in total. The number of rotatable bonds is 4. The van der Waals surface area contributed by atoms with Crippen LogP contribution in [-0.2, 0) is 11.3 Å². The van der Waals surface area contributed by atoms with E-state index in [1.807, 2.05) is 0 Å². The minimum Gasteiger partial charge on any atom is -0.465 e. The average molecular weight is 295 g/mol. The van der Waals surface area contributed by atoms with Crippen LogP contribution in [0.25, 0.3) is 0 Å². The highest BCUT2D eigenvalue weighted by molar-refractivity contribution is 5.95. The first-order valence-electron chi connectivity index (χ1n) is 6.07. The van der Waals surface area contributed by atoms with Gasteiger partial charge in [0.25, 0.3) is 0 Å². The number of anilines is 1. The molecule has 2 aromatic rings. The zero-order chi connectivity index (χ0) is 15.4. The summed E-state index contributed by atoms with van der Waals surface area (Å²) in [4.78, 5) is 11.6. The number of methoxy groups -OCH3 is 1. The molecule has 3 nitrogen and oxygen atoms in total. The summed E-state index contributed by atoms with van der Waals surface area (Å²) < 4.78 is 44.3. The fourth-order valence-electron chi connectivity index (χ4n) is 1.82. The lowest BCUT2D eigenvalue weighted by molar-refractivity contribution is 0.0601. The van der Waals surface area contributed by atoms with Gasteiger partial charge in [0, 0.05) is 17.8 Å². The molecule has 0 saturated carbocycles. The Morgan fingerprint density at radius 2 is 1.76 bits per heavy atom. The van der Waals surface area contributed by atoms with Gasteiger partial charge in [0.05, 0.1) is 12.7 Å². The topological polar surface area (TPSA) is 38.3 Å². The van der Waals surface area contributed by atoms with Gasteiger partial charge in [0.1, 0.15) is 17.5 Å². The molecule has 0 bridgehead atoms. The number of carbonyl (C=O) groups excluding carboxylic acids is 1. The maximum absolute atomic E-state index is 13.5. The molecular formula is C15H12F3NO2. The van der Waals surface area contributed by atoms with E-state index in [2.05, 4.69) is 10.1 Å². The molecule has 6 heteroatoms. The zero-order valence-corrected chi connectivity index (χ0v) is 11.1. The number of esters is 1. The first-order valence-corrected chi connectivity index (χ1v) is 6.07. The minimum absolute atomic E-state index is 0.0192. The molecule has 0 atom stereocenters. The molecule has 110 valence electrons. The number of nitrogens with one attached hydrogen (secondary N) is 1. The van der Waals surface area contributed by atoms with E-state index in [0.29, 0.717) is 0 Å². The zero-order valence-electron chi connectivity index (χ0n) is 11.1. The van der Waals surface area contributed by atoms with Crippen molar-refractivity contribution in [2.45, 2.75) is 6.54 Å². The summed E-state index contributed by atoms with van der Waals surface area (Å²) in [5, 5.41) is 2.77. The van der Waals surface area contributed by atoms with E-state index in [9.17, 15) is 18.0 Å². The van der Waals surface area contributed by atoms with Crippen LogP contribution in [0.15, 0.2) is 36.4 Å². The molecule has 0 amide bonds. The van der Waals surface area contributed by atoms with Crippen molar-refractivity contribution < 1.29 is 22.7 Å². The molecule has 2 rings (SSSR count). The van der Waals surface area contributed by atoms with E-state index < -0.39 is 23.4 Å². The Balaban J connectivity index is 2.24. The van der Waals surface area contributed by atoms with Gasteiger partial charge in [-0.25, -0.2) is 18.0 Å². The third-order valence-corrected chi connectivity index (χ3v) is 2.86. The van der Waals surface area contributed by atoms with Crippen LogP contribution in [0, 0.1) is 17.5 Å².